The molecule has 0 atom stereocenters. The first-order chi connectivity index (χ1) is 11.2. The molecule has 1 N–H and O–H groups in total. The molecule has 2 aliphatic carbocycles. The number of carbonyl (C=O) groups is 1. The summed E-state index contributed by atoms with van der Waals surface area (Å²) in [6, 6.07) is 2.15. The standard InChI is InChI=1S/C18H28N4O/c1-21(13-15-12-16(20-19-15)14-6-7-14)17(23)18(8-2-3-9-18)22-10-4-5-11-22/h12,14H,2-11,13H2,1H3,(H,19,20). The Bertz CT molecular complexity index is 565. The van der Waals surface area contributed by atoms with E-state index >= 15 is 0 Å². The van der Waals surface area contributed by atoms with E-state index in [9.17, 15) is 4.79 Å². The van der Waals surface area contributed by atoms with E-state index in [1.807, 2.05) is 11.9 Å². The molecule has 5 heteroatoms. The highest BCUT2D eigenvalue weighted by Crippen LogP contribution is 2.40. The van der Waals surface area contributed by atoms with E-state index in [0.29, 0.717) is 18.4 Å². The third kappa shape index (κ3) is 2.80. The predicted octanol–water partition coefficient (Wildman–Crippen LogP) is 2.65. The lowest BCUT2D eigenvalue weighted by atomic mass is 9.93. The number of carbonyl (C=O) groups excluding carboxylic acids is 1. The summed E-state index contributed by atoms with van der Waals surface area (Å²) in [5.74, 6) is 0.978. The Hall–Kier alpha value is -1.36. The Labute approximate surface area is 138 Å². The first kappa shape index (κ1) is 15.2. The number of hydrogen-bond acceptors (Lipinski definition) is 3. The van der Waals surface area contributed by atoms with Crippen molar-refractivity contribution in [3.05, 3.63) is 17.5 Å². The number of aromatic amines is 1. The SMILES string of the molecule is CN(Cc1cc(C2CC2)n[nH]1)C(=O)C1(N2CCCC2)CCCC1. The normalized spacial score (nSPS) is 24.2. The molecule has 126 valence electrons. The van der Waals surface area contributed by atoms with Gasteiger partial charge in [0.2, 0.25) is 5.91 Å². The molecule has 4 rings (SSSR count). The van der Waals surface area contributed by atoms with Gasteiger partial charge in [0.25, 0.3) is 0 Å². The number of hydrogen-bond donors (Lipinski definition) is 1. The molecule has 2 saturated carbocycles. The highest BCUT2D eigenvalue weighted by atomic mass is 16.2. The Kier molecular flexibility index (Phi) is 3.92. The lowest BCUT2D eigenvalue weighted by Crippen LogP contribution is -2.56. The van der Waals surface area contributed by atoms with E-state index in [2.05, 4.69) is 21.2 Å². The fourth-order valence-electron chi connectivity index (χ4n) is 4.50. The van der Waals surface area contributed by atoms with E-state index < -0.39 is 0 Å². The van der Waals surface area contributed by atoms with Crippen LogP contribution in [0.1, 0.15) is 68.7 Å². The predicted molar refractivity (Wildman–Crippen MR) is 89.0 cm³/mol. The minimum absolute atomic E-state index is 0.218. The Morgan fingerprint density at radius 3 is 2.65 bits per heavy atom. The van der Waals surface area contributed by atoms with Crippen LogP contribution in [-0.4, -0.2) is 51.6 Å². The fraction of sp³-hybridized carbons (Fsp3) is 0.778. The van der Waals surface area contributed by atoms with Crippen molar-refractivity contribution in [1.82, 2.24) is 20.0 Å². The molecule has 3 aliphatic rings. The van der Waals surface area contributed by atoms with Gasteiger partial charge in [-0.15, -0.1) is 0 Å². The van der Waals surface area contributed by atoms with Crippen molar-refractivity contribution in [2.24, 2.45) is 0 Å². The molecular formula is C18H28N4O. The molecule has 23 heavy (non-hydrogen) atoms. The number of H-pyrrole nitrogens is 1. The van der Waals surface area contributed by atoms with Crippen molar-refractivity contribution < 1.29 is 4.79 Å². The summed E-state index contributed by atoms with van der Waals surface area (Å²) in [6.07, 6.45) is 9.44. The van der Waals surface area contributed by atoms with Crippen molar-refractivity contribution in [2.45, 2.75) is 69.4 Å². The molecule has 0 bridgehead atoms. The monoisotopic (exact) mass is 316 g/mol. The number of likely N-dealkylation sites (tertiary alicyclic amines) is 1. The van der Waals surface area contributed by atoms with Crippen LogP contribution >= 0.6 is 0 Å². The summed E-state index contributed by atoms with van der Waals surface area (Å²) in [6.45, 7) is 2.83. The Morgan fingerprint density at radius 2 is 2.00 bits per heavy atom. The van der Waals surface area contributed by atoms with Crippen LogP contribution in [-0.2, 0) is 11.3 Å². The second-order valence-corrected chi connectivity index (χ2v) is 7.69. The molecular weight excluding hydrogens is 288 g/mol. The lowest BCUT2D eigenvalue weighted by Gasteiger charge is -2.39. The van der Waals surface area contributed by atoms with Gasteiger partial charge in [-0.2, -0.15) is 5.10 Å². The topological polar surface area (TPSA) is 52.2 Å². The third-order valence-electron chi connectivity index (χ3n) is 5.94. The van der Waals surface area contributed by atoms with Gasteiger partial charge in [0.15, 0.2) is 0 Å². The maximum atomic E-state index is 13.3. The van der Waals surface area contributed by atoms with Gasteiger partial charge in [-0.05, 0) is 57.7 Å². The first-order valence-corrected chi connectivity index (χ1v) is 9.24. The number of likely N-dealkylation sites (N-methyl/N-ethyl adjacent to an activating group) is 1. The number of amides is 1. The van der Waals surface area contributed by atoms with Crippen LogP contribution in [0.4, 0.5) is 0 Å². The molecule has 2 heterocycles. The van der Waals surface area contributed by atoms with Crippen LogP contribution in [0.5, 0.6) is 0 Å². The van der Waals surface area contributed by atoms with Crippen LogP contribution in [0.25, 0.3) is 0 Å². The molecule has 1 amide bonds. The van der Waals surface area contributed by atoms with Gasteiger partial charge in [0.1, 0.15) is 5.54 Å². The molecule has 0 aromatic carbocycles. The highest BCUT2D eigenvalue weighted by Gasteiger charge is 2.48. The molecule has 1 aliphatic heterocycles. The van der Waals surface area contributed by atoms with E-state index in [4.69, 9.17) is 0 Å². The third-order valence-corrected chi connectivity index (χ3v) is 5.94. The minimum atomic E-state index is -0.218. The van der Waals surface area contributed by atoms with Crippen molar-refractivity contribution in [2.75, 3.05) is 20.1 Å². The zero-order chi connectivity index (χ0) is 15.9. The number of nitrogens with zero attached hydrogens (tertiary/aromatic N) is 3. The lowest BCUT2D eigenvalue weighted by molar-refractivity contribution is -0.143. The molecule has 0 radical (unpaired) electrons. The molecule has 1 aromatic rings. The van der Waals surface area contributed by atoms with Crippen LogP contribution in [0.2, 0.25) is 0 Å². The minimum Gasteiger partial charge on any atom is -0.338 e. The quantitative estimate of drug-likeness (QED) is 0.908. The molecule has 1 saturated heterocycles. The van der Waals surface area contributed by atoms with Crippen molar-refractivity contribution >= 4 is 5.91 Å². The second kappa shape index (κ2) is 5.93. The highest BCUT2D eigenvalue weighted by molar-refractivity contribution is 5.86. The van der Waals surface area contributed by atoms with E-state index in [0.717, 1.165) is 31.6 Å². The van der Waals surface area contributed by atoms with Crippen LogP contribution in [0, 0.1) is 0 Å². The van der Waals surface area contributed by atoms with Gasteiger partial charge >= 0.3 is 0 Å². The van der Waals surface area contributed by atoms with E-state index in [1.54, 1.807) is 0 Å². The zero-order valence-electron chi connectivity index (χ0n) is 14.2. The Morgan fingerprint density at radius 1 is 1.30 bits per heavy atom. The summed E-state index contributed by atoms with van der Waals surface area (Å²) in [5.41, 5.74) is 2.03. The van der Waals surface area contributed by atoms with Gasteiger partial charge in [0.05, 0.1) is 17.9 Å². The van der Waals surface area contributed by atoms with E-state index in [-0.39, 0.29) is 5.54 Å². The number of nitrogens with one attached hydrogen (secondary N) is 1. The molecule has 0 spiro atoms. The summed E-state index contributed by atoms with van der Waals surface area (Å²) < 4.78 is 0. The number of rotatable bonds is 5. The Balaban J connectivity index is 1.46. The summed E-state index contributed by atoms with van der Waals surface area (Å²) in [5, 5.41) is 7.54. The fourth-order valence-corrected chi connectivity index (χ4v) is 4.50. The van der Waals surface area contributed by atoms with Gasteiger partial charge in [-0.25, -0.2) is 0 Å². The van der Waals surface area contributed by atoms with Crippen molar-refractivity contribution in [3.63, 3.8) is 0 Å². The first-order valence-electron chi connectivity index (χ1n) is 9.24. The van der Waals surface area contributed by atoms with Gasteiger partial charge in [-0.1, -0.05) is 12.8 Å². The van der Waals surface area contributed by atoms with Crippen molar-refractivity contribution in [1.29, 1.82) is 0 Å². The van der Waals surface area contributed by atoms with Gasteiger partial charge in [0, 0.05) is 13.0 Å². The molecule has 1 aromatic heterocycles. The average Bonchev–Trinajstić information content (AvgIpc) is 3.03. The molecule has 3 fully saturated rings. The van der Waals surface area contributed by atoms with Crippen LogP contribution in [0.3, 0.4) is 0 Å². The second-order valence-electron chi connectivity index (χ2n) is 7.69. The summed E-state index contributed by atoms with van der Waals surface area (Å²) in [4.78, 5) is 17.7. The smallest absolute Gasteiger partial charge is 0.243 e. The van der Waals surface area contributed by atoms with Gasteiger partial charge in [-0.3, -0.25) is 14.8 Å². The van der Waals surface area contributed by atoms with Gasteiger partial charge < -0.3 is 4.90 Å². The van der Waals surface area contributed by atoms with Crippen LogP contribution in [0.15, 0.2) is 6.07 Å². The summed E-state index contributed by atoms with van der Waals surface area (Å²) >= 11 is 0. The zero-order valence-corrected chi connectivity index (χ0v) is 14.2. The van der Waals surface area contributed by atoms with Crippen LogP contribution < -0.4 is 0 Å². The van der Waals surface area contributed by atoms with E-state index in [1.165, 1.54) is 44.2 Å². The summed E-state index contributed by atoms with van der Waals surface area (Å²) in [7, 11) is 1.95. The molecule has 0 unspecified atom stereocenters. The number of aromatic nitrogens is 2. The largest absolute Gasteiger partial charge is 0.338 e. The van der Waals surface area contributed by atoms with Crippen molar-refractivity contribution in [3.8, 4) is 0 Å². The average molecular weight is 316 g/mol. The maximum absolute atomic E-state index is 13.3. The molecule has 5 nitrogen and oxygen atoms in total. The maximum Gasteiger partial charge on any atom is 0.243 e.